The minimum atomic E-state index is -0.776. The molecular weight excluding hydrogens is 512 g/mol. The summed E-state index contributed by atoms with van der Waals surface area (Å²) in [6, 6.07) is 17.8. The van der Waals surface area contributed by atoms with E-state index in [0.717, 1.165) is 16.0 Å². The van der Waals surface area contributed by atoms with Gasteiger partial charge in [-0.3, -0.25) is 9.59 Å². The fraction of sp³-hybridized carbons (Fsp3) is 0.400. The summed E-state index contributed by atoms with van der Waals surface area (Å²) in [6.45, 7) is 5.91. The van der Waals surface area contributed by atoms with Gasteiger partial charge in [0, 0.05) is 19.3 Å². The van der Waals surface area contributed by atoms with Crippen molar-refractivity contribution in [3.05, 3.63) is 77.4 Å². The van der Waals surface area contributed by atoms with E-state index in [1.807, 2.05) is 74.5 Å². The molecule has 8 nitrogen and oxygen atoms in total. The fourth-order valence-corrected chi connectivity index (χ4v) is 5.40. The first-order valence-corrected chi connectivity index (χ1v) is 14.3. The average molecular weight is 549 g/mol. The third-order valence-electron chi connectivity index (χ3n) is 6.59. The number of nitrogens with one attached hydrogen (secondary N) is 2. The van der Waals surface area contributed by atoms with Crippen LogP contribution in [0.5, 0.6) is 0 Å². The molecule has 1 unspecified atom stereocenters. The molecule has 1 aliphatic heterocycles. The van der Waals surface area contributed by atoms with E-state index in [1.165, 1.54) is 11.3 Å². The van der Waals surface area contributed by atoms with Crippen LogP contribution < -0.4 is 10.6 Å². The van der Waals surface area contributed by atoms with Crippen molar-refractivity contribution >= 4 is 29.1 Å². The highest BCUT2D eigenvalue weighted by molar-refractivity contribution is 7.17. The van der Waals surface area contributed by atoms with Gasteiger partial charge in [-0.2, -0.15) is 0 Å². The smallest absolute Gasteiger partial charge is 0.318 e. The molecule has 4 rings (SSSR count). The van der Waals surface area contributed by atoms with Gasteiger partial charge < -0.3 is 20.3 Å². The average Bonchev–Trinajstić information content (AvgIpc) is 3.46. The predicted octanol–water partition coefficient (Wildman–Crippen LogP) is 4.57. The number of benzene rings is 2. The molecule has 0 saturated carbocycles. The number of hydrogen-bond acceptors (Lipinski definition) is 6. The van der Waals surface area contributed by atoms with E-state index < -0.39 is 12.1 Å². The third kappa shape index (κ3) is 8.21. The van der Waals surface area contributed by atoms with Gasteiger partial charge in [-0.25, -0.2) is 9.78 Å². The summed E-state index contributed by atoms with van der Waals surface area (Å²) in [7, 11) is 0. The molecule has 1 aromatic heterocycles. The van der Waals surface area contributed by atoms with Crippen molar-refractivity contribution in [3.8, 4) is 10.4 Å². The number of urea groups is 1. The number of carbonyl (C=O) groups is 3. The molecule has 0 radical (unpaired) electrons. The van der Waals surface area contributed by atoms with Gasteiger partial charge in [0.1, 0.15) is 6.04 Å². The van der Waals surface area contributed by atoms with Gasteiger partial charge in [0.05, 0.1) is 24.1 Å². The maximum atomic E-state index is 13.7. The summed E-state index contributed by atoms with van der Waals surface area (Å²) in [5.41, 5.74) is 2.06. The lowest BCUT2D eigenvalue weighted by Gasteiger charge is -2.30. The number of hydrogen-bond donors (Lipinski definition) is 2. The molecule has 1 aliphatic rings. The number of rotatable bonds is 11. The molecule has 1 saturated heterocycles. The summed E-state index contributed by atoms with van der Waals surface area (Å²) >= 11 is 1.32. The lowest BCUT2D eigenvalue weighted by atomic mass is 9.99. The maximum absolute atomic E-state index is 13.7. The van der Waals surface area contributed by atoms with E-state index in [4.69, 9.17) is 4.74 Å². The van der Waals surface area contributed by atoms with Crippen LogP contribution in [0.15, 0.2) is 66.9 Å². The molecule has 0 aliphatic carbocycles. The number of aromatic nitrogens is 1. The van der Waals surface area contributed by atoms with E-state index >= 15 is 0 Å². The molecule has 206 valence electrons. The van der Waals surface area contributed by atoms with Crippen molar-refractivity contribution in [2.24, 2.45) is 5.92 Å². The molecule has 9 heteroatoms. The summed E-state index contributed by atoms with van der Waals surface area (Å²) in [6.07, 6.45) is 3.19. The van der Waals surface area contributed by atoms with Crippen LogP contribution in [0.1, 0.15) is 42.1 Å². The summed E-state index contributed by atoms with van der Waals surface area (Å²) in [4.78, 5) is 47.1. The Kier molecular flexibility index (Phi) is 10.2. The zero-order valence-electron chi connectivity index (χ0n) is 22.5. The number of ketones is 1. The van der Waals surface area contributed by atoms with Crippen molar-refractivity contribution in [2.75, 3.05) is 26.3 Å². The van der Waals surface area contributed by atoms with Crippen LogP contribution in [0.25, 0.3) is 10.4 Å². The largest absolute Gasteiger partial charge is 0.378 e. The van der Waals surface area contributed by atoms with Gasteiger partial charge in [-0.1, -0.05) is 74.5 Å². The molecule has 3 aromatic rings. The van der Waals surface area contributed by atoms with E-state index in [1.54, 1.807) is 11.1 Å². The normalized spacial score (nSPS) is 15.0. The Bertz CT molecular complexity index is 1230. The number of ether oxygens (including phenoxy) is 1. The highest BCUT2D eigenvalue weighted by Gasteiger charge is 2.30. The van der Waals surface area contributed by atoms with Crippen molar-refractivity contribution in [1.82, 2.24) is 20.5 Å². The first-order chi connectivity index (χ1) is 18.9. The van der Waals surface area contributed by atoms with E-state index in [0.29, 0.717) is 50.6 Å². The minimum absolute atomic E-state index is 0.164. The Morgan fingerprint density at radius 2 is 1.62 bits per heavy atom. The molecule has 2 atom stereocenters. The van der Waals surface area contributed by atoms with Crippen LogP contribution in [0, 0.1) is 5.92 Å². The number of aryl methyl sites for hydroxylation is 1. The molecule has 2 aromatic carbocycles. The Morgan fingerprint density at radius 3 is 2.28 bits per heavy atom. The van der Waals surface area contributed by atoms with E-state index in [9.17, 15) is 14.4 Å². The Labute approximate surface area is 233 Å². The second-order valence-corrected chi connectivity index (χ2v) is 11.1. The first-order valence-electron chi connectivity index (χ1n) is 13.4. The zero-order valence-corrected chi connectivity index (χ0v) is 23.3. The number of Topliss-reactive ketones (excluding diaryl/α,β-unsaturated/α-hetero) is 1. The molecule has 2 heterocycles. The van der Waals surface area contributed by atoms with Crippen LogP contribution in [0.3, 0.4) is 0 Å². The first kappa shape index (κ1) is 28.4. The van der Waals surface area contributed by atoms with Crippen molar-refractivity contribution in [3.63, 3.8) is 0 Å². The topological polar surface area (TPSA) is 101 Å². The summed E-state index contributed by atoms with van der Waals surface area (Å²) in [5, 5.41) is 6.22. The Balaban J connectivity index is 1.51. The predicted molar refractivity (Wildman–Crippen MR) is 153 cm³/mol. The molecule has 0 bridgehead atoms. The van der Waals surface area contributed by atoms with Gasteiger partial charge in [-0.05, 0) is 36.3 Å². The third-order valence-corrected chi connectivity index (χ3v) is 7.65. The molecule has 1 fully saturated rings. The minimum Gasteiger partial charge on any atom is -0.378 e. The number of carbonyl (C=O) groups excluding carboxylic acids is 3. The number of morpholine rings is 1. The summed E-state index contributed by atoms with van der Waals surface area (Å²) in [5.74, 6) is -0.428. The van der Waals surface area contributed by atoms with Gasteiger partial charge >= 0.3 is 6.03 Å². The molecule has 3 amide bonds. The molecule has 0 spiro atoms. The standard InChI is InChI=1S/C30H36N4O4S/c1-21(2)19-25(33-30(37)34-15-17-38-18-16-34)28(36)32-24(14-13-22-9-5-3-6-10-22)27(35)29-31-20-26(39-29)23-11-7-4-8-12-23/h3-12,20-21,24-25H,13-19H2,1-2H3,(H,32,36)(H,33,37)/t24?,25-/m0/s1. The molecule has 2 N–H and O–H groups in total. The van der Waals surface area contributed by atoms with Crippen LogP contribution in [-0.2, 0) is 16.0 Å². The summed E-state index contributed by atoms with van der Waals surface area (Å²) < 4.78 is 5.34. The van der Waals surface area contributed by atoms with Gasteiger partial charge in [0.15, 0.2) is 5.01 Å². The molecule has 39 heavy (non-hydrogen) atoms. The van der Waals surface area contributed by atoms with Gasteiger partial charge in [-0.15, -0.1) is 11.3 Å². The Morgan fingerprint density at radius 1 is 0.949 bits per heavy atom. The van der Waals surface area contributed by atoms with Gasteiger partial charge in [0.25, 0.3) is 0 Å². The SMILES string of the molecule is CC(C)C[C@H](NC(=O)N1CCOCC1)C(=O)NC(CCc1ccccc1)C(=O)c1ncc(-c2ccccc2)s1. The fourth-order valence-electron chi connectivity index (χ4n) is 4.48. The maximum Gasteiger partial charge on any atom is 0.318 e. The van der Waals surface area contributed by atoms with E-state index in [-0.39, 0.29) is 23.6 Å². The lowest BCUT2D eigenvalue weighted by Crippen LogP contribution is -2.56. The van der Waals surface area contributed by atoms with Gasteiger partial charge in [0.2, 0.25) is 11.7 Å². The highest BCUT2D eigenvalue weighted by atomic mass is 32.1. The molecular formula is C30H36N4O4S. The Hall–Kier alpha value is -3.56. The number of thiazole rings is 1. The van der Waals surface area contributed by atoms with Crippen LogP contribution in [-0.4, -0.2) is 66.0 Å². The monoisotopic (exact) mass is 548 g/mol. The van der Waals surface area contributed by atoms with Crippen molar-refractivity contribution in [2.45, 2.75) is 45.2 Å². The zero-order chi connectivity index (χ0) is 27.6. The lowest BCUT2D eigenvalue weighted by molar-refractivity contribution is -0.123. The van der Waals surface area contributed by atoms with E-state index in [2.05, 4.69) is 15.6 Å². The number of nitrogens with zero attached hydrogens (tertiary/aromatic N) is 2. The highest BCUT2D eigenvalue weighted by Crippen LogP contribution is 2.27. The number of amides is 3. The van der Waals surface area contributed by atoms with Crippen molar-refractivity contribution < 1.29 is 19.1 Å². The second kappa shape index (κ2) is 14.0. The van der Waals surface area contributed by atoms with Crippen molar-refractivity contribution in [1.29, 1.82) is 0 Å². The van der Waals surface area contributed by atoms with Crippen LogP contribution >= 0.6 is 11.3 Å². The quantitative estimate of drug-likeness (QED) is 0.342. The second-order valence-electron chi connectivity index (χ2n) is 10.1. The van der Waals surface area contributed by atoms with Crippen LogP contribution in [0.4, 0.5) is 4.79 Å². The van der Waals surface area contributed by atoms with Crippen LogP contribution in [0.2, 0.25) is 0 Å².